The van der Waals surface area contributed by atoms with Crippen LogP contribution in [0.2, 0.25) is 0 Å². The van der Waals surface area contributed by atoms with Gasteiger partial charge >= 0.3 is 0 Å². The number of nitrogens with zero attached hydrogens (tertiary/aromatic N) is 1. The van der Waals surface area contributed by atoms with Crippen LogP contribution in [0.25, 0.3) is 0 Å². The lowest BCUT2D eigenvalue weighted by atomic mass is 10.1. The van der Waals surface area contributed by atoms with E-state index in [1.807, 2.05) is 12.5 Å². The summed E-state index contributed by atoms with van der Waals surface area (Å²) >= 11 is 0. The number of hydrogen-bond donors (Lipinski definition) is 0. The SMILES string of the molecule is CCCCCCCCC=COCC(C[N+](C)(C)C)OC=CCCCCCCCC. The highest BCUT2D eigenvalue weighted by Crippen LogP contribution is 2.09. The smallest absolute Gasteiger partial charge is 0.180 e. The maximum absolute atomic E-state index is 5.99. The van der Waals surface area contributed by atoms with Crippen molar-refractivity contribution < 1.29 is 14.0 Å². The topological polar surface area (TPSA) is 18.5 Å². The van der Waals surface area contributed by atoms with Gasteiger partial charge in [-0.2, -0.15) is 0 Å². The van der Waals surface area contributed by atoms with Gasteiger partial charge in [0.05, 0.1) is 33.7 Å². The first-order chi connectivity index (χ1) is 14.0. The molecule has 1 atom stereocenters. The molecule has 0 heterocycles. The molecule has 172 valence electrons. The molecule has 0 saturated carbocycles. The van der Waals surface area contributed by atoms with Gasteiger partial charge in [-0.3, -0.25) is 0 Å². The Hall–Kier alpha value is -0.960. The van der Waals surface area contributed by atoms with Crippen LogP contribution in [-0.4, -0.2) is 44.9 Å². The molecule has 3 heteroatoms. The number of likely N-dealkylation sites (N-methyl/N-ethyl adjacent to an activating group) is 1. The van der Waals surface area contributed by atoms with Crippen molar-refractivity contribution in [3.8, 4) is 0 Å². The second-order valence-corrected chi connectivity index (χ2v) is 9.42. The van der Waals surface area contributed by atoms with Crippen LogP contribution in [0.5, 0.6) is 0 Å². The van der Waals surface area contributed by atoms with Crippen molar-refractivity contribution in [3.63, 3.8) is 0 Å². The van der Waals surface area contributed by atoms with Crippen molar-refractivity contribution in [1.82, 2.24) is 0 Å². The minimum Gasteiger partial charge on any atom is -0.497 e. The first-order valence-corrected chi connectivity index (χ1v) is 12.4. The predicted octanol–water partition coefficient (Wildman–Crippen LogP) is 7.62. The zero-order valence-electron chi connectivity index (χ0n) is 20.5. The van der Waals surface area contributed by atoms with Crippen molar-refractivity contribution >= 4 is 0 Å². The summed E-state index contributed by atoms with van der Waals surface area (Å²) in [7, 11) is 6.60. The zero-order valence-corrected chi connectivity index (χ0v) is 20.5. The standard InChI is InChI=1S/C26H52NO2/c1-6-8-10-12-14-16-18-20-22-28-25-26(24-27(3,4)5)29-23-21-19-17-15-13-11-9-7-2/h20-23,26H,6-19,24-25H2,1-5H3/q+1. The molecule has 29 heavy (non-hydrogen) atoms. The summed E-state index contributed by atoms with van der Waals surface area (Å²) < 4.78 is 12.6. The molecular weight excluding hydrogens is 358 g/mol. The summed E-state index contributed by atoms with van der Waals surface area (Å²) in [6.45, 7) is 6.08. The summed E-state index contributed by atoms with van der Waals surface area (Å²) in [4.78, 5) is 0. The number of unbranched alkanes of at least 4 members (excludes halogenated alkanes) is 12. The highest BCUT2D eigenvalue weighted by atomic mass is 16.5. The fourth-order valence-electron chi connectivity index (χ4n) is 3.36. The van der Waals surface area contributed by atoms with Crippen LogP contribution in [0.4, 0.5) is 0 Å². The van der Waals surface area contributed by atoms with Gasteiger partial charge < -0.3 is 14.0 Å². The van der Waals surface area contributed by atoms with Crippen molar-refractivity contribution in [2.45, 2.75) is 110 Å². The van der Waals surface area contributed by atoms with Gasteiger partial charge in [-0.15, -0.1) is 0 Å². The minimum absolute atomic E-state index is 0.0921. The van der Waals surface area contributed by atoms with Crippen LogP contribution >= 0.6 is 0 Å². The largest absolute Gasteiger partial charge is 0.497 e. The van der Waals surface area contributed by atoms with Crippen molar-refractivity contribution in [1.29, 1.82) is 0 Å². The molecule has 0 radical (unpaired) electrons. The van der Waals surface area contributed by atoms with Gasteiger partial charge in [0.2, 0.25) is 0 Å². The Balaban J connectivity index is 3.93. The normalized spacial score (nSPS) is 13.4. The molecular formula is C26H52NO2+. The fraction of sp³-hybridized carbons (Fsp3) is 0.846. The number of rotatable bonds is 21. The van der Waals surface area contributed by atoms with Gasteiger partial charge in [0.1, 0.15) is 13.2 Å². The molecule has 0 aliphatic carbocycles. The molecule has 0 N–H and O–H groups in total. The molecule has 0 spiro atoms. The fourth-order valence-corrected chi connectivity index (χ4v) is 3.36. The molecule has 0 rings (SSSR count). The highest BCUT2D eigenvalue weighted by Gasteiger charge is 2.18. The second kappa shape index (κ2) is 20.3. The second-order valence-electron chi connectivity index (χ2n) is 9.42. The molecule has 0 aliphatic heterocycles. The Morgan fingerprint density at radius 2 is 1.14 bits per heavy atom. The summed E-state index contributed by atoms with van der Waals surface area (Å²) in [5.41, 5.74) is 0. The first-order valence-electron chi connectivity index (χ1n) is 12.4. The van der Waals surface area contributed by atoms with Gasteiger partial charge in [0.25, 0.3) is 0 Å². The van der Waals surface area contributed by atoms with Crippen LogP contribution in [0.1, 0.15) is 104 Å². The Labute approximate surface area is 183 Å². The average molecular weight is 411 g/mol. The maximum atomic E-state index is 5.99. The van der Waals surface area contributed by atoms with Gasteiger partial charge in [-0.05, 0) is 37.8 Å². The molecule has 0 aromatic rings. The lowest BCUT2D eigenvalue weighted by Crippen LogP contribution is -2.43. The Morgan fingerprint density at radius 1 is 0.655 bits per heavy atom. The van der Waals surface area contributed by atoms with E-state index in [-0.39, 0.29) is 6.10 Å². The van der Waals surface area contributed by atoms with Gasteiger partial charge in [-0.25, -0.2) is 0 Å². The molecule has 0 fully saturated rings. The third-order valence-corrected chi connectivity index (χ3v) is 5.04. The molecule has 0 aliphatic rings. The molecule has 0 aromatic carbocycles. The van der Waals surface area contributed by atoms with E-state index in [4.69, 9.17) is 9.47 Å². The van der Waals surface area contributed by atoms with E-state index in [0.29, 0.717) is 6.61 Å². The van der Waals surface area contributed by atoms with E-state index in [0.717, 1.165) is 23.9 Å². The van der Waals surface area contributed by atoms with Crippen LogP contribution < -0.4 is 0 Å². The van der Waals surface area contributed by atoms with E-state index < -0.39 is 0 Å². The molecule has 0 bridgehead atoms. The monoisotopic (exact) mass is 410 g/mol. The van der Waals surface area contributed by atoms with Crippen molar-refractivity contribution in [2.75, 3.05) is 34.3 Å². The third-order valence-electron chi connectivity index (χ3n) is 5.04. The molecule has 1 unspecified atom stereocenters. The van der Waals surface area contributed by atoms with Crippen molar-refractivity contribution in [2.24, 2.45) is 0 Å². The minimum atomic E-state index is 0.0921. The number of ether oxygens (including phenoxy) is 2. The first kappa shape index (κ1) is 28.0. The van der Waals surface area contributed by atoms with E-state index in [9.17, 15) is 0 Å². The van der Waals surface area contributed by atoms with Gasteiger partial charge in [-0.1, -0.05) is 78.1 Å². The Kier molecular flexibility index (Phi) is 19.6. The third kappa shape index (κ3) is 23.2. The number of hydrogen-bond acceptors (Lipinski definition) is 2. The van der Waals surface area contributed by atoms with E-state index in [1.165, 1.54) is 77.0 Å². The van der Waals surface area contributed by atoms with Crippen molar-refractivity contribution in [3.05, 3.63) is 24.7 Å². The predicted molar refractivity (Wildman–Crippen MR) is 128 cm³/mol. The maximum Gasteiger partial charge on any atom is 0.180 e. The van der Waals surface area contributed by atoms with Gasteiger partial charge in [0.15, 0.2) is 6.10 Å². The molecule has 0 amide bonds. The van der Waals surface area contributed by atoms with E-state index >= 15 is 0 Å². The zero-order chi connectivity index (χ0) is 21.6. The van der Waals surface area contributed by atoms with Crippen LogP contribution in [0, 0.1) is 0 Å². The number of allylic oxidation sites excluding steroid dienone is 2. The average Bonchev–Trinajstić information content (AvgIpc) is 2.66. The summed E-state index contributed by atoms with van der Waals surface area (Å²) in [5.74, 6) is 0. The van der Waals surface area contributed by atoms with Crippen LogP contribution in [0.3, 0.4) is 0 Å². The Morgan fingerprint density at radius 3 is 1.66 bits per heavy atom. The molecule has 0 aromatic heterocycles. The van der Waals surface area contributed by atoms with Crippen LogP contribution in [-0.2, 0) is 9.47 Å². The summed E-state index contributed by atoms with van der Waals surface area (Å²) in [5, 5.41) is 0. The van der Waals surface area contributed by atoms with E-state index in [1.54, 1.807) is 0 Å². The summed E-state index contributed by atoms with van der Waals surface area (Å²) in [6.07, 6.45) is 26.5. The van der Waals surface area contributed by atoms with Crippen LogP contribution in [0.15, 0.2) is 24.7 Å². The highest BCUT2D eigenvalue weighted by molar-refractivity contribution is 4.77. The Bertz CT molecular complexity index is 385. The lowest BCUT2D eigenvalue weighted by Gasteiger charge is -2.28. The molecule has 3 nitrogen and oxygen atoms in total. The summed E-state index contributed by atoms with van der Waals surface area (Å²) in [6, 6.07) is 0. The quantitative estimate of drug-likeness (QED) is 0.110. The van der Waals surface area contributed by atoms with E-state index in [2.05, 4.69) is 47.1 Å². The van der Waals surface area contributed by atoms with Gasteiger partial charge in [0, 0.05) is 0 Å². The number of quaternary nitrogens is 1. The lowest BCUT2D eigenvalue weighted by molar-refractivity contribution is -0.873. The molecule has 0 saturated heterocycles.